The van der Waals surface area contributed by atoms with E-state index in [1.807, 2.05) is 0 Å². The van der Waals surface area contributed by atoms with Crippen LogP contribution in [0.1, 0.15) is 0 Å². The Morgan fingerprint density at radius 1 is 0.550 bits per heavy atom. The second-order valence-corrected chi connectivity index (χ2v) is 13.6. The van der Waals surface area contributed by atoms with E-state index < -0.39 is 93.4 Å². The predicted octanol–water partition coefficient (Wildman–Crippen LogP) is 2.81. The zero-order valence-electron chi connectivity index (χ0n) is 19.1. The summed E-state index contributed by atoms with van der Waals surface area (Å²) in [6, 6.07) is 6.13. The lowest BCUT2D eigenvalue weighted by Gasteiger charge is -2.11. The van der Waals surface area contributed by atoms with Gasteiger partial charge in [0.2, 0.25) is 0 Å². The summed E-state index contributed by atoms with van der Waals surface area (Å²) in [7, 11) is -19.9. The SMILES string of the molecule is O=S(=O)(O)c1cc(O)c2c(O)c(N=Nc3ccc(S(=O)(=O)O)c4cc(S(=O)(=O)O)ccc34)c(S(=O)(=O)O)cc2c1. The molecule has 4 rings (SSSR count). The van der Waals surface area contributed by atoms with Crippen LogP contribution in [0, 0.1) is 0 Å². The van der Waals surface area contributed by atoms with Crippen molar-refractivity contribution in [1.29, 1.82) is 0 Å². The van der Waals surface area contributed by atoms with E-state index in [0.29, 0.717) is 24.3 Å². The molecule has 0 spiro atoms. The highest BCUT2D eigenvalue weighted by Gasteiger charge is 2.26. The summed E-state index contributed by atoms with van der Waals surface area (Å²) in [6.45, 7) is 0. The van der Waals surface area contributed by atoms with Gasteiger partial charge < -0.3 is 10.2 Å². The van der Waals surface area contributed by atoms with E-state index in [4.69, 9.17) is 0 Å². The fourth-order valence-electron chi connectivity index (χ4n) is 3.74. The molecule has 0 heterocycles. The average molecular weight is 635 g/mol. The van der Waals surface area contributed by atoms with Crippen LogP contribution in [0.5, 0.6) is 11.5 Å². The Hall–Kier alpha value is -3.76. The number of phenols is 2. The Morgan fingerprint density at radius 2 is 1.15 bits per heavy atom. The Morgan fingerprint density at radius 3 is 1.70 bits per heavy atom. The molecular weight excluding hydrogens is 620 g/mol. The summed E-state index contributed by atoms with van der Waals surface area (Å²) in [5.41, 5.74) is -1.26. The topological polar surface area (TPSA) is 283 Å². The van der Waals surface area contributed by atoms with Crippen molar-refractivity contribution in [2.75, 3.05) is 0 Å². The number of benzene rings is 4. The first-order chi connectivity index (χ1) is 18.2. The molecule has 0 radical (unpaired) electrons. The van der Waals surface area contributed by atoms with Crippen LogP contribution in [0.4, 0.5) is 11.4 Å². The largest absolute Gasteiger partial charge is 0.507 e. The minimum Gasteiger partial charge on any atom is -0.507 e. The third-order valence-corrected chi connectivity index (χ3v) is 8.90. The van der Waals surface area contributed by atoms with Crippen LogP contribution in [0.3, 0.4) is 0 Å². The zero-order valence-corrected chi connectivity index (χ0v) is 22.4. The van der Waals surface area contributed by atoms with Gasteiger partial charge in [0.1, 0.15) is 21.2 Å². The Labute approximate surface area is 224 Å². The maximum atomic E-state index is 12.1. The second-order valence-electron chi connectivity index (χ2n) is 8.00. The van der Waals surface area contributed by atoms with Gasteiger partial charge in [-0.05, 0) is 41.8 Å². The standard InChI is InChI=1S/C20H14N2O14S4/c23-15-8-11(38(28,29)30)5-9-6-17(40(34,35)36)19(20(24)18(9)15)22-21-14-3-4-16(39(31,32)33)13-7-10(37(25,26)27)1-2-12(13)14/h1-8,23-24H,(H,25,26,27)(H,28,29,30)(H,31,32,33)(H,34,35,36). The smallest absolute Gasteiger partial charge is 0.296 e. The summed E-state index contributed by atoms with van der Waals surface area (Å²) in [6.07, 6.45) is 0. The Kier molecular flexibility index (Phi) is 6.88. The first-order valence-electron chi connectivity index (χ1n) is 10.1. The maximum absolute atomic E-state index is 12.1. The van der Waals surface area contributed by atoms with Gasteiger partial charge in [0.15, 0.2) is 5.75 Å². The van der Waals surface area contributed by atoms with Gasteiger partial charge in [-0.2, -0.15) is 33.7 Å². The maximum Gasteiger partial charge on any atom is 0.296 e. The molecule has 212 valence electrons. The van der Waals surface area contributed by atoms with E-state index in [1.54, 1.807) is 0 Å². The van der Waals surface area contributed by atoms with E-state index in [2.05, 4.69) is 10.2 Å². The van der Waals surface area contributed by atoms with Crippen LogP contribution < -0.4 is 0 Å². The third kappa shape index (κ3) is 5.46. The van der Waals surface area contributed by atoms with Crippen LogP contribution in [-0.4, -0.2) is 62.1 Å². The van der Waals surface area contributed by atoms with Gasteiger partial charge in [0, 0.05) is 16.8 Å². The highest BCUT2D eigenvalue weighted by atomic mass is 32.2. The number of hydrogen-bond acceptors (Lipinski definition) is 12. The number of rotatable bonds is 6. The third-order valence-electron chi connectivity index (χ3n) is 5.44. The quantitative estimate of drug-likeness (QED) is 0.131. The molecular formula is C20H14N2O14S4. The van der Waals surface area contributed by atoms with Gasteiger partial charge >= 0.3 is 0 Å². The minimum atomic E-state index is -5.22. The lowest BCUT2D eigenvalue weighted by atomic mass is 10.1. The van der Waals surface area contributed by atoms with E-state index >= 15 is 0 Å². The molecule has 0 aliphatic rings. The molecule has 0 unspecified atom stereocenters. The van der Waals surface area contributed by atoms with Gasteiger partial charge in [0.25, 0.3) is 40.5 Å². The molecule has 0 atom stereocenters. The van der Waals surface area contributed by atoms with E-state index in [9.17, 15) is 62.1 Å². The fraction of sp³-hybridized carbons (Fsp3) is 0. The lowest BCUT2D eigenvalue weighted by Crippen LogP contribution is -2.02. The van der Waals surface area contributed by atoms with Crippen LogP contribution >= 0.6 is 0 Å². The Bertz CT molecular complexity index is 2230. The van der Waals surface area contributed by atoms with Crippen LogP contribution in [0.15, 0.2) is 78.3 Å². The number of aromatic hydroxyl groups is 2. The molecule has 0 saturated heterocycles. The number of azo groups is 1. The molecule has 20 heteroatoms. The minimum absolute atomic E-state index is 0.194. The number of hydrogen-bond donors (Lipinski definition) is 6. The van der Waals surface area contributed by atoms with Gasteiger partial charge in [0.05, 0.1) is 20.9 Å². The number of nitrogens with zero attached hydrogens (tertiary/aromatic N) is 2. The van der Waals surface area contributed by atoms with Crippen molar-refractivity contribution in [3.05, 3.63) is 48.5 Å². The highest BCUT2D eigenvalue weighted by molar-refractivity contribution is 7.86. The van der Waals surface area contributed by atoms with Gasteiger partial charge in [-0.25, -0.2) is 0 Å². The summed E-state index contributed by atoms with van der Waals surface area (Å²) in [5, 5.41) is 26.7. The predicted molar refractivity (Wildman–Crippen MR) is 135 cm³/mol. The molecule has 0 aromatic heterocycles. The normalized spacial score (nSPS) is 13.4. The molecule has 6 N–H and O–H groups in total. The van der Waals surface area contributed by atoms with E-state index in [1.165, 1.54) is 0 Å². The van der Waals surface area contributed by atoms with Crippen molar-refractivity contribution in [3.8, 4) is 11.5 Å². The van der Waals surface area contributed by atoms with Crippen LogP contribution in [0.25, 0.3) is 21.5 Å². The number of phenolic OH excluding ortho intramolecular Hbond substituents is 2. The highest BCUT2D eigenvalue weighted by Crippen LogP contribution is 2.46. The summed E-state index contributed by atoms with van der Waals surface area (Å²) in [5.74, 6) is -2.05. The molecule has 0 amide bonds. The summed E-state index contributed by atoms with van der Waals surface area (Å²) < 4.78 is 132. The van der Waals surface area contributed by atoms with Gasteiger partial charge in [-0.15, -0.1) is 10.2 Å². The molecule has 40 heavy (non-hydrogen) atoms. The Balaban J connectivity index is 2.03. The first kappa shape index (κ1) is 29.2. The first-order valence-corrected chi connectivity index (χ1v) is 15.9. The van der Waals surface area contributed by atoms with E-state index in [0.717, 1.165) is 24.3 Å². The molecule has 0 aliphatic heterocycles. The van der Waals surface area contributed by atoms with E-state index in [-0.39, 0.29) is 11.1 Å². The van der Waals surface area contributed by atoms with Gasteiger partial charge in [-0.3, -0.25) is 18.2 Å². The summed E-state index contributed by atoms with van der Waals surface area (Å²) >= 11 is 0. The molecule has 0 saturated carbocycles. The zero-order chi connectivity index (χ0) is 30.0. The van der Waals surface area contributed by atoms with Crippen LogP contribution in [0.2, 0.25) is 0 Å². The fourth-order valence-corrected chi connectivity index (χ4v) is 6.13. The molecule has 16 nitrogen and oxygen atoms in total. The molecule has 0 fully saturated rings. The van der Waals surface area contributed by atoms with Crippen LogP contribution in [-0.2, 0) is 40.5 Å². The molecule has 0 bridgehead atoms. The monoisotopic (exact) mass is 634 g/mol. The van der Waals surface area contributed by atoms with Crippen molar-refractivity contribution in [3.63, 3.8) is 0 Å². The second kappa shape index (κ2) is 9.42. The lowest BCUT2D eigenvalue weighted by molar-refractivity contribution is 0.457. The molecule has 0 aliphatic carbocycles. The van der Waals surface area contributed by atoms with Crippen molar-refractivity contribution in [2.45, 2.75) is 19.6 Å². The van der Waals surface area contributed by atoms with Crippen molar-refractivity contribution >= 4 is 73.4 Å². The molecule has 4 aromatic carbocycles. The summed E-state index contributed by atoms with van der Waals surface area (Å²) in [4.78, 5) is -3.54. The number of fused-ring (bicyclic) bond motifs is 2. The molecule has 4 aromatic rings. The van der Waals surface area contributed by atoms with Crippen molar-refractivity contribution in [2.24, 2.45) is 10.2 Å². The van der Waals surface area contributed by atoms with Gasteiger partial charge in [-0.1, -0.05) is 6.07 Å². The van der Waals surface area contributed by atoms with Crippen molar-refractivity contribution in [1.82, 2.24) is 0 Å². The van der Waals surface area contributed by atoms with Crippen molar-refractivity contribution < 1.29 is 62.1 Å². The average Bonchev–Trinajstić information content (AvgIpc) is 2.79.